The Balaban J connectivity index is 0.00000289. The van der Waals surface area contributed by atoms with E-state index in [2.05, 4.69) is 0 Å². The Morgan fingerprint density at radius 3 is 2.17 bits per heavy atom. The molecular weight excluding hydrogens is 272 g/mol. The van der Waals surface area contributed by atoms with E-state index in [1.807, 2.05) is 0 Å². The van der Waals surface area contributed by atoms with Crippen molar-refractivity contribution in [2.24, 2.45) is 11.5 Å². The highest BCUT2D eigenvalue weighted by atomic mass is 35.5. The fraction of sp³-hybridized carbons (Fsp3) is 0.500. The molecule has 0 radical (unpaired) electrons. The predicted molar refractivity (Wildman–Crippen MR) is 76.6 cm³/mol. The Labute approximate surface area is 115 Å². The van der Waals surface area contributed by atoms with Gasteiger partial charge in [-0.25, -0.2) is 8.42 Å². The van der Waals surface area contributed by atoms with Crippen molar-refractivity contribution in [3.63, 3.8) is 0 Å². The summed E-state index contributed by atoms with van der Waals surface area (Å²) in [6.07, 6.45) is 4.03. The molecule has 1 aromatic carbocycles. The molecule has 0 saturated carbocycles. The van der Waals surface area contributed by atoms with Crippen LogP contribution in [0.25, 0.3) is 0 Å². The van der Waals surface area contributed by atoms with Gasteiger partial charge in [0.2, 0.25) is 0 Å². The molecule has 0 unspecified atom stereocenters. The summed E-state index contributed by atoms with van der Waals surface area (Å²) in [5, 5.41) is 0. The van der Waals surface area contributed by atoms with Gasteiger partial charge < -0.3 is 11.5 Å². The van der Waals surface area contributed by atoms with E-state index in [1.54, 1.807) is 24.3 Å². The molecule has 1 aromatic rings. The van der Waals surface area contributed by atoms with Gasteiger partial charge in [0.25, 0.3) is 0 Å². The fourth-order valence-corrected chi connectivity index (χ4v) is 2.27. The maximum absolute atomic E-state index is 11.3. The molecule has 1 rings (SSSR count). The third kappa shape index (κ3) is 5.35. The zero-order valence-electron chi connectivity index (χ0n) is 10.5. The quantitative estimate of drug-likeness (QED) is 0.781. The number of benzene rings is 1. The summed E-state index contributed by atoms with van der Waals surface area (Å²) in [6.45, 7) is 0.680. The van der Waals surface area contributed by atoms with E-state index in [-0.39, 0.29) is 18.4 Å². The summed E-state index contributed by atoms with van der Waals surface area (Å²) in [4.78, 5) is 0.329. The number of sulfone groups is 1. The molecule has 0 heterocycles. The number of unbranched alkanes of at least 4 members (excludes halogenated alkanes) is 1. The first-order valence-electron chi connectivity index (χ1n) is 5.71. The van der Waals surface area contributed by atoms with Crippen LogP contribution in [0.15, 0.2) is 29.2 Å². The van der Waals surface area contributed by atoms with Crippen molar-refractivity contribution in [1.82, 2.24) is 0 Å². The van der Waals surface area contributed by atoms with Crippen LogP contribution >= 0.6 is 12.4 Å². The lowest BCUT2D eigenvalue weighted by Crippen LogP contribution is -2.11. The summed E-state index contributed by atoms with van der Waals surface area (Å²) in [5.41, 5.74) is 12.4. The van der Waals surface area contributed by atoms with Crippen LogP contribution in [0.1, 0.15) is 30.9 Å². The minimum atomic E-state index is -3.12. The second kappa shape index (κ2) is 7.74. The van der Waals surface area contributed by atoms with E-state index in [4.69, 9.17) is 11.5 Å². The van der Waals surface area contributed by atoms with Gasteiger partial charge in [-0.3, -0.25) is 0 Å². The van der Waals surface area contributed by atoms with Crippen LogP contribution in [0.2, 0.25) is 0 Å². The SMILES string of the molecule is CS(=O)(=O)c1ccc([C@@H](N)CCCCN)cc1.Cl. The van der Waals surface area contributed by atoms with Crippen molar-refractivity contribution in [3.05, 3.63) is 29.8 Å². The largest absolute Gasteiger partial charge is 0.330 e. The van der Waals surface area contributed by atoms with E-state index in [0.29, 0.717) is 11.4 Å². The first-order valence-corrected chi connectivity index (χ1v) is 7.60. The maximum Gasteiger partial charge on any atom is 0.175 e. The second-order valence-electron chi connectivity index (χ2n) is 4.23. The maximum atomic E-state index is 11.3. The number of nitrogens with two attached hydrogens (primary N) is 2. The van der Waals surface area contributed by atoms with Gasteiger partial charge >= 0.3 is 0 Å². The number of rotatable bonds is 6. The van der Waals surface area contributed by atoms with E-state index in [0.717, 1.165) is 24.8 Å². The Morgan fingerprint density at radius 2 is 1.72 bits per heavy atom. The smallest absolute Gasteiger partial charge is 0.175 e. The Hall–Kier alpha value is -0.620. The lowest BCUT2D eigenvalue weighted by atomic mass is 10.0. The van der Waals surface area contributed by atoms with Gasteiger partial charge in [0.15, 0.2) is 9.84 Å². The molecule has 0 amide bonds. The van der Waals surface area contributed by atoms with Crippen molar-refractivity contribution in [3.8, 4) is 0 Å². The average molecular weight is 293 g/mol. The highest BCUT2D eigenvalue weighted by Gasteiger charge is 2.09. The van der Waals surface area contributed by atoms with Crippen molar-refractivity contribution in [2.75, 3.05) is 12.8 Å². The normalized spacial score (nSPS) is 12.8. The van der Waals surface area contributed by atoms with Crippen LogP contribution < -0.4 is 11.5 Å². The van der Waals surface area contributed by atoms with E-state index in [1.165, 1.54) is 6.26 Å². The standard InChI is InChI=1S/C12H20N2O2S.ClH/c1-17(15,16)11-7-5-10(6-8-11)12(14)4-2-3-9-13;/h5-8,12H,2-4,9,13-14H2,1H3;1H/t12-;/m0./s1. The van der Waals surface area contributed by atoms with Gasteiger partial charge in [-0.15, -0.1) is 12.4 Å². The zero-order chi connectivity index (χ0) is 12.9. The molecule has 0 aliphatic heterocycles. The Morgan fingerprint density at radius 1 is 1.17 bits per heavy atom. The minimum absolute atomic E-state index is 0. The second-order valence-corrected chi connectivity index (χ2v) is 6.25. The minimum Gasteiger partial charge on any atom is -0.330 e. The van der Waals surface area contributed by atoms with Gasteiger partial charge in [0, 0.05) is 12.3 Å². The molecule has 0 aromatic heterocycles. The van der Waals surface area contributed by atoms with Gasteiger partial charge in [0.05, 0.1) is 4.90 Å². The molecule has 0 aliphatic rings. The zero-order valence-corrected chi connectivity index (χ0v) is 12.1. The topological polar surface area (TPSA) is 86.2 Å². The van der Waals surface area contributed by atoms with Gasteiger partial charge in [0.1, 0.15) is 0 Å². The molecule has 1 atom stereocenters. The van der Waals surface area contributed by atoms with Crippen LogP contribution in [0.5, 0.6) is 0 Å². The van der Waals surface area contributed by atoms with Gasteiger partial charge in [-0.2, -0.15) is 0 Å². The lowest BCUT2D eigenvalue weighted by molar-refractivity contribution is 0.589. The van der Waals surface area contributed by atoms with Gasteiger partial charge in [-0.1, -0.05) is 18.6 Å². The lowest BCUT2D eigenvalue weighted by Gasteiger charge is -2.12. The molecule has 104 valence electrons. The summed E-state index contributed by atoms with van der Waals surface area (Å²) in [6, 6.07) is 6.73. The Kier molecular flexibility index (Phi) is 7.47. The third-order valence-electron chi connectivity index (χ3n) is 2.71. The first-order chi connectivity index (χ1) is 7.95. The number of hydrogen-bond donors (Lipinski definition) is 2. The molecule has 0 bridgehead atoms. The molecule has 0 saturated heterocycles. The summed E-state index contributed by atoms with van der Waals surface area (Å²) in [5.74, 6) is 0. The van der Waals surface area contributed by atoms with Crippen molar-refractivity contribution in [2.45, 2.75) is 30.2 Å². The average Bonchev–Trinajstić information content (AvgIpc) is 2.28. The van der Waals surface area contributed by atoms with Crippen LogP contribution in [0.4, 0.5) is 0 Å². The highest BCUT2D eigenvalue weighted by Crippen LogP contribution is 2.18. The molecule has 4 nitrogen and oxygen atoms in total. The summed E-state index contributed by atoms with van der Waals surface area (Å²) < 4.78 is 22.6. The van der Waals surface area contributed by atoms with Crippen molar-refractivity contribution >= 4 is 22.2 Å². The number of halogens is 1. The molecule has 0 fully saturated rings. The van der Waals surface area contributed by atoms with Crippen molar-refractivity contribution < 1.29 is 8.42 Å². The summed E-state index contributed by atoms with van der Waals surface area (Å²) in [7, 11) is -3.12. The molecule has 0 aliphatic carbocycles. The molecule has 4 N–H and O–H groups in total. The van der Waals surface area contributed by atoms with Crippen molar-refractivity contribution in [1.29, 1.82) is 0 Å². The first kappa shape index (κ1) is 17.4. The van der Waals surface area contributed by atoms with E-state index >= 15 is 0 Å². The number of hydrogen-bond acceptors (Lipinski definition) is 4. The van der Waals surface area contributed by atoms with E-state index in [9.17, 15) is 8.42 Å². The highest BCUT2D eigenvalue weighted by molar-refractivity contribution is 7.90. The predicted octanol–water partition coefficient (Wildman–Crippen LogP) is 1.64. The van der Waals surface area contributed by atoms with Crippen LogP contribution in [0.3, 0.4) is 0 Å². The van der Waals surface area contributed by atoms with Crippen LogP contribution in [0, 0.1) is 0 Å². The van der Waals surface area contributed by atoms with Crippen LogP contribution in [-0.2, 0) is 9.84 Å². The monoisotopic (exact) mass is 292 g/mol. The fourth-order valence-electron chi connectivity index (χ4n) is 1.64. The molecular formula is C12H21ClN2O2S. The molecule has 18 heavy (non-hydrogen) atoms. The van der Waals surface area contributed by atoms with Gasteiger partial charge in [-0.05, 0) is 37.1 Å². The van der Waals surface area contributed by atoms with E-state index < -0.39 is 9.84 Å². The summed E-state index contributed by atoms with van der Waals surface area (Å²) >= 11 is 0. The third-order valence-corrected chi connectivity index (χ3v) is 3.83. The molecule has 6 heteroatoms. The van der Waals surface area contributed by atoms with Crippen LogP contribution in [-0.4, -0.2) is 21.2 Å². The molecule has 0 spiro atoms. The Bertz CT molecular complexity index is 446.